The van der Waals surface area contributed by atoms with E-state index in [2.05, 4.69) is 5.32 Å². The topological polar surface area (TPSA) is 47.6 Å². The van der Waals surface area contributed by atoms with Gasteiger partial charge in [-0.05, 0) is 26.7 Å². The second kappa shape index (κ2) is 9.93. The van der Waals surface area contributed by atoms with Gasteiger partial charge in [0.25, 0.3) is 0 Å². The first kappa shape index (κ1) is 14.4. The molecule has 0 bridgehead atoms. The van der Waals surface area contributed by atoms with Crippen LogP contribution in [0.2, 0.25) is 0 Å². The molecule has 0 radical (unpaired) electrons. The first-order valence-electron chi connectivity index (χ1n) is 5.56. The van der Waals surface area contributed by atoms with Crippen LogP contribution in [0, 0.1) is 0 Å². The van der Waals surface area contributed by atoms with E-state index in [0.717, 1.165) is 19.4 Å². The Bertz CT molecular complexity index is 160. The quantitative estimate of drug-likeness (QED) is 0.593. The summed E-state index contributed by atoms with van der Waals surface area (Å²) < 4.78 is 10.7. The molecule has 0 aliphatic carbocycles. The van der Waals surface area contributed by atoms with Crippen LogP contribution in [-0.4, -0.2) is 38.9 Å². The Morgan fingerprint density at radius 3 is 2.47 bits per heavy atom. The predicted molar refractivity (Wildman–Crippen MR) is 59.8 cm³/mol. The number of carbonyl (C=O) groups excluding carboxylic acids is 1. The van der Waals surface area contributed by atoms with Crippen LogP contribution < -0.4 is 5.32 Å². The molecule has 4 heteroatoms. The fourth-order valence-electron chi connectivity index (χ4n) is 1.02. The Hall–Kier alpha value is -0.610. The van der Waals surface area contributed by atoms with Gasteiger partial charge in [0.2, 0.25) is 5.91 Å². The number of hydrogen-bond donors (Lipinski definition) is 1. The smallest absolute Gasteiger partial charge is 0.222 e. The second-order valence-corrected chi connectivity index (χ2v) is 3.66. The highest BCUT2D eigenvalue weighted by Crippen LogP contribution is 1.95. The van der Waals surface area contributed by atoms with Crippen molar-refractivity contribution < 1.29 is 14.3 Å². The highest BCUT2D eigenvalue weighted by Gasteiger charge is 1.97. The van der Waals surface area contributed by atoms with E-state index < -0.39 is 0 Å². The minimum atomic E-state index is 0.0261. The zero-order valence-electron chi connectivity index (χ0n) is 10.0. The normalized spacial score (nSPS) is 10.7. The summed E-state index contributed by atoms with van der Waals surface area (Å²) in [5.74, 6) is 0.0261. The van der Waals surface area contributed by atoms with Crippen molar-refractivity contribution in [3.63, 3.8) is 0 Å². The molecule has 0 aromatic heterocycles. The fraction of sp³-hybridized carbons (Fsp3) is 0.909. The summed E-state index contributed by atoms with van der Waals surface area (Å²) in [5.41, 5.74) is 0. The molecule has 15 heavy (non-hydrogen) atoms. The van der Waals surface area contributed by atoms with Crippen LogP contribution in [0.15, 0.2) is 0 Å². The summed E-state index contributed by atoms with van der Waals surface area (Å²) in [7, 11) is 1.63. The fourth-order valence-corrected chi connectivity index (χ4v) is 1.02. The molecular weight excluding hydrogens is 194 g/mol. The number of hydrogen-bond acceptors (Lipinski definition) is 3. The Kier molecular flexibility index (Phi) is 9.52. The lowest BCUT2D eigenvalue weighted by molar-refractivity contribution is -0.121. The molecule has 4 nitrogen and oxygen atoms in total. The maximum absolute atomic E-state index is 10.8. The average molecular weight is 217 g/mol. The van der Waals surface area contributed by atoms with Gasteiger partial charge in [-0.3, -0.25) is 4.79 Å². The van der Waals surface area contributed by atoms with Crippen LogP contribution in [0.4, 0.5) is 0 Å². The summed E-state index contributed by atoms with van der Waals surface area (Å²) in [6, 6.07) is 0. The van der Waals surface area contributed by atoms with Crippen molar-refractivity contribution in [3.8, 4) is 0 Å². The SMILES string of the molecule is CNC(=O)CCOCCCCOC(C)C. The molecule has 0 atom stereocenters. The van der Waals surface area contributed by atoms with Crippen molar-refractivity contribution in [2.45, 2.75) is 39.2 Å². The molecule has 0 saturated heterocycles. The van der Waals surface area contributed by atoms with E-state index in [1.807, 2.05) is 13.8 Å². The Labute approximate surface area is 92.3 Å². The van der Waals surface area contributed by atoms with Crippen molar-refractivity contribution >= 4 is 5.91 Å². The lowest BCUT2D eigenvalue weighted by Crippen LogP contribution is -2.19. The van der Waals surface area contributed by atoms with Gasteiger partial charge >= 0.3 is 0 Å². The van der Waals surface area contributed by atoms with Crippen LogP contribution in [0.3, 0.4) is 0 Å². The van der Waals surface area contributed by atoms with Crippen LogP contribution in [0.1, 0.15) is 33.1 Å². The van der Waals surface area contributed by atoms with Gasteiger partial charge in [0, 0.05) is 26.7 Å². The van der Waals surface area contributed by atoms with E-state index in [1.54, 1.807) is 7.05 Å². The first-order chi connectivity index (χ1) is 7.16. The monoisotopic (exact) mass is 217 g/mol. The molecule has 1 amide bonds. The van der Waals surface area contributed by atoms with Crippen molar-refractivity contribution in [3.05, 3.63) is 0 Å². The summed E-state index contributed by atoms with van der Waals surface area (Å²) in [6.07, 6.45) is 2.75. The summed E-state index contributed by atoms with van der Waals surface area (Å²) >= 11 is 0. The third-order valence-corrected chi connectivity index (χ3v) is 1.89. The van der Waals surface area contributed by atoms with Gasteiger partial charge in [-0.2, -0.15) is 0 Å². The molecule has 0 saturated carbocycles. The molecule has 0 unspecified atom stereocenters. The number of ether oxygens (including phenoxy) is 2. The molecule has 0 aliphatic heterocycles. The number of carbonyl (C=O) groups is 1. The molecule has 0 aromatic carbocycles. The summed E-state index contributed by atoms with van der Waals surface area (Å²) in [5, 5.41) is 2.55. The highest BCUT2D eigenvalue weighted by atomic mass is 16.5. The number of amides is 1. The van der Waals surface area contributed by atoms with Crippen molar-refractivity contribution in [1.29, 1.82) is 0 Å². The molecule has 0 spiro atoms. The molecule has 90 valence electrons. The van der Waals surface area contributed by atoms with Gasteiger partial charge in [-0.1, -0.05) is 0 Å². The van der Waals surface area contributed by atoms with E-state index in [9.17, 15) is 4.79 Å². The lowest BCUT2D eigenvalue weighted by atomic mass is 10.3. The van der Waals surface area contributed by atoms with Gasteiger partial charge in [0.15, 0.2) is 0 Å². The average Bonchev–Trinajstić information content (AvgIpc) is 2.21. The van der Waals surface area contributed by atoms with Crippen LogP contribution in [0.25, 0.3) is 0 Å². The van der Waals surface area contributed by atoms with Gasteiger partial charge in [0.1, 0.15) is 0 Å². The van der Waals surface area contributed by atoms with E-state index in [0.29, 0.717) is 25.7 Å². The minimum Gasteiger partial charge on any atom is -0.381 e. The first-order valence-corrected chi connectivity index (χ1v) is 5.56. The maximum atomic E-state index is 10.8. The van der Waals surface area contributed by atoms with Crippen molar-refractivity contribution in [2.24, 2.45) is 0 Å². The third-order valence-electron chi connectivity index (χ3n) is 1.89. The Balaban J connectivity index is 3.02. The number of unbranched alkanes of at least 4 members (excludes halogenated alkanes) is 1. The van der Waals surface area contributed by atoms with Gasteiger partial charge < -0.3 is 14.8 Å². The van der Waals surface area contributed by atoms with Crippen molar-refractivity contribution in [2.75, 3.05) is 26.9 Å². The van der Waals surface area contributed by atoms with E-state index in [1.165, 1.54) is 0 Å². The number of nitrogens with one attached hydrogen (secondary N) is 1. The zero-order chi connectivity index (χ0) is 11.5. The molecule has 1 N–H and O–H groups in total. The molecule has 0 rings (SSSR count). The van der Waals surface area contributed by atoms with Crippen molar-refractivity contribution in [1.82, 2.24) is 5.32 Å². The van der Waals surface area contributed by atoms with Crippen LogP contribution in [-0.2, 0) is 14.3 Å². The van der Waals surface area contributed by atoms with Gasteiger partial charge in [-0.25, -0.2) is 0 Å². The van der Waals surface area contributed by atoms with Gasteiger partial charge in [-0.15, -0.1) is 0 Å². The van der Waals surface area contributed by atoms with Crippen LogP contribution >= 0.6 is 0 Å². The second-order valence-electron chi connectivity index (χ2n) is 3.66. The third kappa shape index (κ3) is 11.3. The van der Waals surface area contributed by atoms with E-state index in [4.69, 9.17) is 9.47 Å². The Morgan fingerprint density at radius 1 is 1.20 bits per heavy atom. The van der Waals surface area contributed by atoms with E-state index in [-0.39, 0.29) is 5.91 Å². The molecule has 0 aliphatic rings. The predicted octanol–water partition coefficient (Wildman–Crippen LogP) is 1.34. The molecule has 0 heterocycles. The summed E-state index contributed by atoms with van der Waals surface area (Å²) in [6.45, 7) is 6.05. The Morgan fingerprint density at radius 2 is 1.87 bits per heavy atom. The maximum Gasteiger partial charge on any atom is 0.222 e. The standard InChI is InChI=1S/C11H23NO3/c1-10(2)15-8-5-4-7-14-9-6-11(13)12-3/h10H,4-9H2,1-3H3,(H,12,13). The number of rotatable bonds is 9. The lowest BCUT2D eigenvalue weighted by Gasteiger charge is -2.07. The van der Waals surface area contributed by atoms with E-state index >= 15 is 0 Å². The van der Waals surface area contributed by atoms with Crippen LogP contribution in [0.5, 0.6) is 0 Å². The largest absolute Gasteiger partial charge is 0.381 e. The summed E-state index contributed by atoms with van der Waals surface area (Å²) in [4.78, 5) is 10.8. The zero-order valence-corrected chi connectivity index (χ0v) is 10.0. The van der Waals surface area contributed by atoms with Gasteiger partial charge in [0.05, 0.1) is 12.7 Å². The highest BCUT2D eigenvalue weighted by molar-refractivity contribution is 5.75. The minimum absolute atomic E-state index is 0.0261. The molecule has 0 aromatic rings. The molecule has 0 fully saturated rings. The molecular formula is C11H23NO3.